The summed E-state index contributed by atoms with van der Waals surface area (Å²) >= 11 is 6.47. The van der Waals surface area contributed by atoms with Crippen LogP contribution in [-0.4, -0.2) is 5.38 Å². The smallest absolute Gasteiger partial charge is 0.0376 e. The molecule has 0 saturated heterocycles. The van der Waals surface area contributed by atoms with Gasteiger partial charge >= 0.3 is 0 Å². The summed E-state index contributed by atoms with van der Waals surface area (Å²) in [6, 6.07) is 6.72. The standard InChI is InChI=1S/C19H31Cl/c1-4-5-6-7-8-9-10-11-19(20)15-18-13-12-16(2)17(3)14-18/h12-14,19H,4-11,15H2,1-3H3. The number of hydrogen-bond donors (Lipinski definition) is 0. The Balaban J connectivity index is 2.13. The minimum absolute atomic E-state index is 0.299. The van der Waals surface area contributed by atoms with Crippen molar-refractivity contribution in [2.45, 2.75) is 83.9 Å². The summed E-state index contributed by atoms with van der Waals surface area (Å²) in [4.78, 5) is 0. The van der Waals surface area contributed by atoms with Crippen molar-refractivity contribution in [2.24, 2.45) is 0 Å². The molecule has 0 amide bonds. The average molecular weight is 295 g/mol. The molecular formula is C19H31Cl. The molecule has 0 heterocycles. The van der Waals surface area contributed by atoms with Crippen LogP contribution < -0.4 is 0 Å². The van der Waals surface area contributed by atoms with Crippen LogP contribution in [0.15, 0.2) is 18.2 Å². The van der Waals surface area contributed by atoms with Crippen molar-refractivity contribution in [2.75, 3.05) is 0 Å². The molecule has 1 atom stereocenters. The van der Waals surface area contributed by atoms with E-state index in [9.17, 15) is 0 Å². The van der Waals surface area contributed by atoms with Crippen LogP contribution in [0, 0.1) is 13.8 Å². The van der Waals surface area contributed by atoms with Crippen molar-refractivity contribution in [3.8, 4) is 0 Å². The van der Waals surface area contributed by atoms with Crippen LogP contribution in [0.3, 0.4) is 0 Å². The normalized spacial score (nSPS) is 12.6. The van der Waals surface area contributed by atoms with Crippen molar-refractivity contribution in [1.29, 1.82) is 0 Å². The van der Waals surface area contributed by atoms with Crippen molar-refractivity contribution in [3.63, 3.8) is 0 Å². The number of benzene rings is 1. The lowest BCUT2D eigenvalue weighted by Gasteiger charge is -2.11. The Morgan fingerprint density at radius 2 is 1.55 bits per heavy atom. The molecule has 0 aliphatic carbocycles. The fourth-order valence-corrected chi connectivity index (χ4v) is 2.94. The van der Waals surface area contributed by atoms with E-state index in [1.165, 1.54) is 61.6 Å². The summed E-state index contributed by atoms with van der Waals surface area (Å²) in [5.74, 6) is 0. The molecule has 20 heavy (non-hydrogen) atoms. The molecule has 0 nitrogen and oxygen atoms in total. The molecule has 1 unspecified atom stereocenters. The number of halogens is 1. The van der Waals surface area contributed by atoms with Crippen molar-refractivity contribution < 1.29 is 0 Å². The second-order valence-corrected chi connectivity index (χ2v) is 6.75. The zero-order valence-electron chi connectivity index (χ0n) is 13.6. The molecule has 0 radical (unpaired) electrons. The Labute approximate surface area is 130 Å². The molecule has 1 rings (SSSR count). The Kier molecular flexibility index (Phi) is 9.02. The molecular weight excluding hydrogens is 264 g/mol. The highest BCUT2D eigenvalue weighted by Gasteiger charge is 2.06. The topological polar surface area (TPSA) is 0 Å². The first-order valence-electron chi connectivity index (χ1n) is 8.33. The van der Waals surface area contributed by atoms with Gasteiger partial charge in [0, 0.05) is 5.38 Å². The molecule has 0 bridgehead atoms. The summed E-state index contributed by atoms with van der Waals surface area (Å²) in [7, 11) is 0. The van der Waals surface area contributed by atoms with E-state index in [2.05, 4.69) is 39.0 Å². The van der Waals surface area contributed by atoms with Crippen LogP contribution in [0.2, 0.25) is 0 Å². The lowest BCUT2D eigenvalue weighted by Crippen LogP contribution is -2.03. The Hall–Kier alpha value is -0.490. The molecule has 0 aliphatic heterocycles. The maximum absolute atomic E-state index is 6.47. The van der Waals surface area contributed by atoms with Gasteiger partial charge in [0.05, 0.1) is 0 Å². The van der Waals surface area contributed by atoms with Crippen molar-refractivity contribution >= 4 is 11.6 Å². The number of unbranched alkanes of at least 4 members (excludes halogenated alkanes) is 6. The van der Waals surface area contributed by atoms with Gasteiger partial charge in [0.25, 0.3) is 0 Å². The van der Waals surface area contributed by atoms with E-state index in [0.29, 0.717) is 5.38 Å². The minimum atomic E-state index is 0.299. The Morgan fingerprint density at radius 1 is 0.900 bits per heavy atom. The van der Waals surface area contributed by atoms with Gasteiger partial charge in [-0.25, -0.2) is 0 Å². The third-order valence-corrected chi connectivity index (χ3v) is 4.52. The second-order valence-electron chi connectivity index (χ2n) is 6.13. The molecule has 114 valence electrons. The van der Waals surface area contributed by atoms with Gasteiger partial charge in [0.15, 0.2) is 0 Å². The first-order chi connectivity index (χ1) is 9.63. The van der Waals surface area contributed by atoms with Gasteiger partial charge in [-0.05, 0) is 43.4 Å². The maximum atomic E-state index is 6.47. The molecule has 0 aliphatic rings. The summed E-state index contributed by atoms with van der Waals surface area (Å²) in [6.07, 6.45) is 11.7. The van der Waals surface area contributed by atoms with Crippen molar-refractivity contribution in [1.82, 2.24) is 0 Å². The van der Waals surface area contributed by atoms with Gasteiger partial charge in [-0.2, -0.15) is 0 Å². The predicted molar refractivity (Wildman–Crippen MR) is 91.9 cm³/mol. The van der Waals surface area contributed by atoms with Crippen LogP contribution in [-0.2, 0) is 6.42 Å². The average Bonchev–Trinajstić information content (AvgIpc) is 2.42. The maximum Gasteiger partial charge on any atom is 0.0376 e. The van der Waals surface area contributed by atoms with Crippen LogP contribution >= 0.6 is 11.6 Å². The molecule has 1 aromatic rings. The van der Waals surface area contributed by atoms with E-state index in [-0.39, 0.29) is 0 Å². The van der Waals surface area contributed by atoms with E-state index in [0.717, 1.165) is 12.8 Å². The molecule has 0 spiro atoms. The number of alkyl halides is 1. The van der Waals surface area contributed by atoms with Crippen LogP contribution in [0.5, 0.6) is 0 Å². The zero-order chi connectivity index (χ0) is 14.8. The van der Waals surface area contributed by atoms with Gasteiger partial charge in [0.1, 0.15) is 0 Å². The first kappa shape index (κ1) is 17.6. The Morgan fingerprint density at radius 3 is 2.20 bits per heavy atom. The summed E-state index contributed by atoms with van der Waals surface area (Å²) in [6.45, 7) is 6.61. The van der Waals surface area contributed by atoms with E-state index >= 15 is 0 Å². The lowest BCUT2D eigenvalue weighted by molar-refractivity contribution is 0.567. The molecule has 1 heteroatoms. The number of aryl methyl sites for hydroxylation is 2. The van der Waals surface area contributed by atoms with Crippen LogP contribution in [0.1, 0.15) is 75.0 Å². The highest BCUT2D eigenvalue weighted by molar-refractivity contribution is 6.20. The van der Waals surface area contributed by atoms with Crippen LogP contribution in [0.25, 0.3) is 0 Å². The van der Waals surface area contributed by atoms with Gasteiger partial charge in [-0.15, -0.1) is 11.6 Å². The third kappa shape index (κ3) is 7.33. The SMILES string of the molecule is CCCCCCCCCC(Cl)Cc1ccc(C)c(C)c1. The van der Waals surface area contributed by atoms with E-state index < -0.39 is 0 Å². The monoisotopic (exact) mass is 294 g/mol. The number of rotatable bonds is 10. The predicted octanol–water partition coefficient (Wildman–Crippen LogP) is 6.59. The molecule has 0 saturated carbocycles. The molecule has 0 N–H and O–H groups in total. The van der Waals surface area contributed by atoms with Crippen molar-refractivity contribution in [3.05, 3.63) is 34.9 Å². The molecule has 0 aromatic heterocycles. The quantitative estimate of drug-likeness (QED) is 0.337. The van der Waals surface area contributed by atoms with E-state index in [1.54, 1.807) is 0 Å². The highest BCUT2D eigenvalue weighted by atomic mass is 35.5. The molecule has 0 fully saturated rings. The highest BCUT2D eigenvalue weighted by Crippen LogP contribution is 2.18. The molecule has 1 aromatic carbocycles. The number of hydrogen-bond acceptors (Lipinski definition) is 0. The largest absolute Gasteiger partial charge is 0.123 e. The summed E-state index contributed by atoms with van der Waals surface area (Å²) < 4.78 is 0. The summed E-state index contributed by atoms with van der Waals surface area (Å²) in [5.41, 5.74) is 4.13. The second kappa shape index (κ2) is 10.3. The fraction of sp³-hybridized carbons (Fsp3) is 0.684. The Bertz CT molecular complexity index is 370. The zero-order valence-corrected chi connectivity index (χ0v) is 14.3. The van der Waals surface area contributed by atoms with E-state index in [4.69, 9.17) is 11.6 Å². The van der Waals surface area contributed by atoms with E-state index in [1.807, 2.05) is 0 Å². The van der Waals surface area contributed by atoms with Gasteiger partial charge in [0.2, 0.25) is 0 Å². The van der Waals surface area contributed by atoms with Gasteiger partial charge < -0.3 is 0 Å². The summed E-state index contributed by atoms with van der Waals surface area (Å²) in [5, 5.41) is 0.299. The third-order valence-electron chi connectivity index (χ3n) is 4.15. The first-order valence-corrected chi connectivity index (χ1v) is 8.77. The minimum Gasteiger partial charge on any atom is -0.123 e. The lowest BCUT2D eigenvalue weighted by atomic mass is 10.0. The van der Waals surface area contributed by atoms with Gasteiger partial charge in [-0.1, -0.05) is 70.1 Å². The van der Waals surface area contributed by atoms with Gasteiger partial charge in [-0.3, -0.25) is 0 Å². The van der Waals surface area contributed by atoms with Crippen LogP contribution in [0.4, 0.5) is 0 Å². The fourth-order valence-electron chi connectivity index (χ4n) is 2.61.